The van der Waals surface area contributed by atoms with Crippen LogP contribution in [0.1, 0.15) is 36.7 Å². The van der Waals surface area contributed by atoms with Crippen molar-refractivity contribution in [2.45, 2.75) is 25.4 Å². The van der Waals surface area contributed by atoms with Crippen molar-refractivity contribution >= 4 is 44.2 Å². The van der Waals surface area contributed by atoms with Crippen molar-refractivity contribution in [3.05, 3.63) is 144 Å². The van der Waals surface area contributed by atoms with Gasteiger partial charge in [0.25, 0.3) is 0 Å². The van der Waals surface area contributed by atoms with Crippen LogP contribution in [0.15, 0.2) is 132 Å². The SMILES string of the molecule is CC1(C)C2=C(C(Cl)=NC(c3ccc4c5ccccc5n(-c5ccccc5)c4c3)N2)c2ccc(-c3ccccc3)cc21. The number of halogens is 1. The zero-order valence-corrected chi connectivity index (χ0v) is 23.7. The van der Waals surface area contributed by atoms with Crippen molar-refractivity contribution < 1.29 is 0 Å². The molecule has 6 aromatic rings. The van der Waals surface area contributed by atoms with Crippen molar-refractivity contribution in [3.63, 3.8) is 0 Å². The molecule has 8 rings (SSSR count). The number of aliphatic imine (C=N–C) groups is 1. The van der Waals surface area contributed by atoms with E-state index in [-0.39, 0.29) is 11.6 Å². The number of nitrogens with one attached hydrogen (secondary N) is 1. The number of hydrogen-bond acceptors (Lipinski definition) is 2. The highest BCUT2D eigenvalue weighted by Crippen LogP contribution is 2.50. The molecule has 0 radical (unpaired) electrons. The van der Waals surface area contributed by atoms with Crippen molar-refractivity contribution in [2.24, 2.45) is 4.99 Å². The average Bonchev–Trinajstić information content (AvgIpc) is 3.46. The van der Waals surface area contributed by atoms with Gasteiger partial charge in [-0.25, -0.2) is 4.99 Å². The molecule has 0 bridgehead atoms. The van der Waals surface area contributed by atoms with E-state index in [1.54, 1.807) is 0 Å². The van der Waals surface area contributed by atoms with Crippen LogP contribution in [0.3, 0.4) is 0 Å². The number of fused-ring (bicyclic) bond motifs is 5. The maximum atomic E-state index is 7.03. The van der Waals surface area contributed by atoms with Gasteiger partial charge in [0.2, 0.25) is 0 Å². The van der Waals surface area contributed by atoms with E-state index in [4.69, 9.17) is 16.6 Å². The standard InChI is InChI=1S/C37H28ClN3/c1-37(2)30-21-24(23-11-5-3-6-12-23)17-20-29(30)33-34(37)39-36(40-35(33)38)25-18-19-28-27-15-9-10-16-31(27)41(32(28)22-25)26-13-7-4-8-14-26/h3-22,36,39H,1-2H3. The van der Waals surface area contributed by atoms with E-state index in [2.05, 4.69) is 145 Å². The van der Waals surface area contributed by atoms with Crippen LogP contribution in [0.2, 0.25) is 0 Å². The van der Waals surface area contributed by atoms with Gasteiger partial charge in [-0.05, 0) is 58.1 Å². The molecule has 4 heteroatoms. The van der Waals surface area contributed by atoms with Gasteiger partial charge in [0.05, 0.1) is 11.0 Å². The van der Waals surface area contributed by atoms with Crippen molar-refractivity contribution in [2.75, 3.05) is 0 Å². The van der Waals surface area contributed by atoms with E-state index in [9.17, 15) is 0 Å². The molecular weight excluding hydrogens is 522 g/mol. The molecular formula is C37H28ClN3. The maximum absolute atomic E-state index is 7.03. The van der Waals surface area contributed by atoms with Gasteiger partial charge in [-0.2, -0.15) is 0 Å². The molecule has 2 heterocycles. The lowest BCUT2D eigenvalue weighted by Crippen LogP contribution is -2.33. The third-order valence-corrected chi connectivity index (χ3v) is 8.99. The number of allylic oxidation sites excluding steroid dienone is 2. The Balaban J connectivity index is 1.23. The predicted octanol–water partition coefficient (Wildman–Crippen LogP) is 9.39. The topological polar surface area (TPSA) is 29.3 Å². The Bertz CT molecular complexity index is 2050. The summed E-state index contributed by atoms with van der Waals surface area (Å²) in [4.78, 5) is 5.01. The quantitative estimate of drug-likeness (QED) is 0.234. The first kappa shape index (κ1) is 24.2. The molecule has 1 aromatic heterocycles. The zero-order chi connectivity index (χ0) is 27.7. The molecule has 2 aliphatic rings. The molecule has 1 aliphatic heterocycles. The number of benzene rings is 5. The fourth-order valence-corrected chi connectivity index (χ4v) is 6.95. The summed E-state index contributed by atoms with van der Waals surface area (Å²) >= 11 is 7.03. The number of rotatable bonds is 3. The summed E-state index contributed by atoms with van der Waals surface area (Å²) in [6.45, 7) is 4.55. The van der Waals surface area contributed by atoms with Crippen LogP contribution in [0, 0.1) is 0 Å². The Morgan fingerprint density at radius 3 is 2.22 bits per heavy atom. The van der Waals surface area contributed by atoms with E-state index in [1.807, 2.05) is 0 Å². The fraction of sp³-hybridized carbons (Fsp3) is 0.108. The third kappa shape index (κ3) is 3.62. The van der Waals surface area contributed by atoms with Gasteiger partial charge in [-0.15, -0.1) is 0 Å². The largest absolute Gasteiger partial charge is 0.362 e. The third-order valence-electron chi connectivity index (χ3n) is 8.70. The van der Waals surface area contributed by atoms with Crippen molar-refractivity contribution in [3.8, 4) is 16.8 Å². The second kappa shape index (κ2) is 8.95. The lowest BCUT2D eigenvalue weighted by atomic mass is 9.83. The van der Waals surface area contributed by atoms with Crippen molar-refractivity contribution in [1.82, 2.24) is 9.88 Å². The number of nitrogens with zero attached hydrogens (tertiary/aromatic N) is 2. The van der Waals surface area contributed by atoms with E-state index in [0.717, 1.165) is 33.6 Å². The summed E-state index contributed by atoms with van der Waals surface area (Å²) in [6.07, 6.45) is -0.282. The number of para-hydroxylation sites is 2. The summed E-state index contributed by atoms with van der Waals surface area (Å²) in [6, 6.07) is 43.1. The highest BCUT2D eigenvalue weighted by atomic mass is 35.5. The summed E-state index contributed by atoms with van der Waals surface area (Å²) in [5.74, 6) is 0. The molecule has 3 nitrogen and oxygen atoms in total. The van der Waals surface area contributed by atoms with E-state index in [0.29, 0.717) is 5.17 Å². The Kier molecular flexibility index (Phi) is 5.29. The van der Waals surface area contributed by atoms with Crippen LogP contribution in [-0.4, -0.2) is 9.74 Å². The van der Waals surface area contributed by atoms with Gasteiger partial charge in [-0.3, -0.25) is 0 Å². The van der Waals surface area contributed by atoms with E-state index < -0.39 is 0 Å². The van der Waals surface area contributed by atoms with Crippen LogP contribution < -0.4 is 5.32 Å². The smallest absolute Gasteiger partial charge is 0.146 e. The van der Waals surface area contributed by atoms with Crippen molar-refractivity contribution in [1.29, 1.82) is 0 Å². The molecule has 41 heavy (non-hydrogen) atoms. The van der Waals surface area contributed by atoms with Gasteiger partial charge < -0.3 is 9.88 Å². The van der Waals surface area contributed by atoms with Gasteiger partial charge >= 0.3 is 0 Å². The molecule has 5 aromatic carbocycles. The van der Waals surface area contributed by atoms with Gasteiger partial charge in [-0.1, -0.05) is 116 Å². The molecule has 0 saturated heterocycles. The number of aromatic nitrogens is 1. The summed E-state index contributed by atoms with van der Waals surface area (Å²) in [5, 5.41) is 6.84. The van der Waals surface area contributed by atoms with Crippen LogP contribution in [0.5, 0.6) is 0 Å². The molecule has 1 aliphatic carbocycles. The predicted molar refractivity (Wildman–Crippen MR) is 172 cm³/mol. The number of hydrogen-bond donors (Lipinski definition) is 1. The summed E-state index contributed by atoms with van der Waals surface area (Å²) < 4.78 is 2.34. The zero-order valence-electron chi connectivity index (χ0n) is 22.9. The summed E-state index contributed by atoms with van der Waals surface area (Å²) in [5.41, 5.74) is 11.3. The molecule has 1 N–H and O–H groups in total. The monoisotopic (exact) mass is 549 g/mol. The minimum absolute atomic E-state index is 0.243. The first-order valence-electron chi connectivity index (χ1n) is 14.0. The molecule has 1 unspecified atom stereocenters. The maximum Gasteiger partial charge on any atom is 0.146 e. The van der Waals surface area contributed by atoms with Gasteiger partial charge in [0, 0.05) is 33.1 Å². The van der Waals surface area contributed by atoms with Crippen LogP contribution in [-0.2, 0) is 5.41 Å². The Hall–Kier alpha value is -4.60. The minimum atomic E-state index is -0.282. The Morgan fingerprint density at radius 1 is 0.707 bits per heavy atom. The molecule has 0 spiro atoms. The Labute approximate surface area is 244 Å². The lowest BCUT2D eigenvalue weighted by molar-refractivity contribution is 0.518. The fourth-order valence-electron chi connectivity index (χ4n) is 6.66. The van der Waals surface area contributed by atoms with Crippen LogP contribution in [0.25, 0.3) is 44.2 Å². The normalized spacial score (nSPS) is 17.3. The van der Waals surface area contributed by atoms with Crippen LogP contribution >= 0.6 is 11.6 Å². The summed E-state index contributed by atoms with van der Waals surface area (Å²) in [7, 11) is 0. The average molecular weight is 550 g/mol. The molecule has 1 atom stereocenters. The van der Waals surface area contributed by atoms with E-state index >= 15 is 0 Å². The first-order valence-corrected chi connectivity index (χ1v) is 14.4. The van der Waals surface area contributed by atoms with Crippen LogP contribution in [0.4, 0.5) is 0 Å². The van der Waals surface area contributed by atoms with Gasteiger partial charge in [0.1, 0.15) is 11.3 Å². The second-order valence-electron chi connectivity index (χ2n) is 11.4. The molecule has 198 valence electrons. The first-order chi connectivity index (χ1) is 20.0. The molecule has 0 saturated carbocycles. The second-order valence-corrected chi connectivity index (χ2v) is 11.8. The Morgan fingerprint density at radius 2 is 1.41 bits per heavy atom. The lowest BCUT2D eigenvalue weighted by Gasteiger charge is -2.31. The van der Waals surface area contributed by atoms with E-state index in [1.165, 1.54) is 33.0 Å². The molecule has 0 amide bonds. The molecule has 0 fully saturated rings. The van der Waals surface area contributed by atoms with Gasteiger partial charge in [0.15, 0.2) is 0 Å². The minimum Gasteiger partial charge on any atom is -0.362 e. The highest BCUT2D eigenvalue weighted by molar-refractivity contribution is 6.76. The highest BCUT2D eigenvalue weighted by Gasteiger charge is 2.42.